The molecule has 0 spiro atoms. The lowest BCUT2D eigenvalue weighted by Crippen LogP contribution is -2.13. The number of aryl methyl sites for hydroxylation is 1. The Morgan fingerprint density at radius 1 is 1.12 bits per heavy atom. The average molecular weight is 527 g/mol. The van der Waals surface area contributed by atoms with E-state index in [9.17, 15) is 27.3 Å². The zero-order chi connectivity index (χ0) is 24.8. The highest BCUT2D eigenvalue weighted by molar-refractivity contribution is 7.83. The van der Waals surface area contributed by atoms with Crippen molar-refractivity contribution in [2.24, 2.45) is 0 Å². The summed E-state index contributed by atoms with van der Waals surface area (Å²) in [4.78, 5) is 15.7. The average Bonchev–Trinajstić information content (AvgIpc) is 3.14. The van der Waals surface area contributed by atoms with Crippen LogP contribution in [0.4, 0.5) is 13.2 Å². The largest absolute Gasteiger partial charge is 0.478 e. The second kappa shape index (κ2) is 9.05. The Balaban J connectivity index is 1.99. The number of carboxylic acid groups (broad SMARTS) is 1. The highest BCUT2D eigenvalue weighted by Crippen LogP contribution is 2.35. The summed E-state index contributed by atoms with van der Waals surface area (Å²) in [6.45, 7) is 1.50. The molecule has 0 aliphatic heterocycles. The summed E-state index contributed by atoms with van der Waals surface area (Å²) < 4.78 is 55.2. The summed E-state index contributed by atoms with van der Waals surface area (Å²) in [5.41, 5.74) is -0.575. The molecule has 2 aromatic heterocycles. The van der Waals surface area contributed by atoms with Crippen LogP contribution < -0.4 is 0 Å². The van der Waals surface area contributed by atoms with E-state index in [0.29, 0.717) is 21.5 Å². The van der Waals surface area contributed by atoms with Crippen molar-refractivity contribution >= 4 is 51.2 Å². The molecule has 0 bridgehead atoms. The van der Waals surface area contributed by atoms with Crippen molar-refractivity contribution in [1.29, 1.82) is 0 Å². The summed E-state index contributed by atoms with van der Waals surface area (Å²) in [6, 6.07) is 13.3. The number of hydrogen-bond donors (Lipinski definition) is 1. The molecule has 4 aromatic rings. The maximum atomic E-state index is 13.5. The molecule has 1 unspecified atom stereocenters. The quantitative estimate of drug-likeness (QED) is 0.321. The number of nitrogens with zero attached hydrogens (tertiary/aromatic N) is 2. The van der Waals surface area contributed by atoms with Crippen LogP contribution in [0.1, 0.15) is 32.9 Å². The molecule has 2 aromatic carbocycles. The zero-order valence-corrected chi connectivity index (χ0v) is 19.7. The molecule has 1 atom stereocenters. The molecule has 1 N–H and O–H groups in total. The van der Waals surface area contributed by atoms with Crippen molar-refractivity contribution in [2.45, 2.75) is 24.4 Å². The van der Waals surface area contributed by atoms with E-state index in [1.54, 1.807) is 36.4 Å². The Morgan fingerprint density at radius 3 is 2.41 bits per heavy atom. The third kappa shape index (κ3) is 4.43. The van der Waals surface area contributed by atoms with Gasteiger partial charge in [-0.2, -0.15) is 13.2 Å². The minimum absolute atomic E-state index is 0.0888. The van der Waals surface area contributed by atoms with E-state index in [1.807, 2.05) is 0 Å². The van der Waals surface area contributed by atoms with Gasteiger partial charge in [0.1, 0.15) is 5.69 Å². The lowest BCUT2D eigenvalue weighted by Gasteiger charge is -2.13. The van der Waals surface area contributed by atoms with Gasteiger partial charge in [0.05, 0.1) is 15.5 Å². The summed E-state index contributed by atoms with van der Waals surface area (Å²) in [7, 11) is -1.96. The number of alkyl halides is 3. The normalized spacial score (nSPS) is 12.8. The minimum atomic E-state index is -4.70. The van der Waals surface area contributed by atoms with Gasteiger partial charge in [0.2, 0.25) is 0 Å². The van der Waals surface area contributed by atoms with Gasteiger partial charge in [0.15, 0.2) is 16.6 Å². The molecule has 34 heavy (non-hydrogen) atoms. The van der Waals surface area contributed by atoms with Crippen LogP contribution >= 0.6 is 23.2 Å². The first-order chi connectivity index (χ1) is 16.0. The van der Waals surface area contributed by atoms with Crippen LogP contribution in [0.2, 0.25) is 10.0 Å². The van der Waals surface area contributed by atoms with E-state index in [2.05, 4.69) is 4.98 Å². The van der Waals surface area contributed by atoms with Gasteiger partial charge in [-0.25, -0.2) is 18.0 Å². The monoisotopic (exact) mass is 526 g/mol. The molecule has 0 aliphatic carbocycles. The Bertz CT molecular complexity index is 1450. The molecule has 4 rings (SSSR count). The van der Waals surface area contributed by atoms with Crippen LogP contribution in [0.5, 0.6) is 0 Å². The fraction of sp³-hybridized carbons (Fsp3) is 0.130. The van der Waals surface area contributed by atoms with Gasteiger partial charge in [-0.15, -0.1) is 0 Å². The zero-order valence-electron chi connectivity index (χ0n) is 17.4. The van der Waals surface area contributed by atoms with E-state index in [1.165, 1.54) is 23.0 Å². The Kier molecular flexibility index (Phi) is 6.46. The molecule has 11 heteroatoms. The predicted octanol–water partition coefficient (Wildman–Crippen LogP) is 6.53. The van der Waals surface area contributed by atoms with E-state index >= 15 is 0 Å². The molecule has 2 heterocycles. The summed E-state index contributed by atoms with van der Waals surface area (Å²) in [5, 5.41) is 9.82. The number of hydrogen-bond acceptors (Lipinski definition) is 3. The number of rotatable bonds is 5. The number of aromatic nitrogens is 2. The highest BCUT2D eigenvalue weighted by atomic mass is 35.5. The number of pyridine rings is 1. The lowest BCUT2D eigenvalue weighted by molar-refractivity contribution is -0.141. The first-order valence-corrected chi connectivity index (χ1v) is 11.6. The van der Waals surface area contributed by atoms with Gasteiger partial charge >= 0.3 is 12.1 Å². The van der Waals surface area contributed by atoms with Gasteiger partial charge in [-0.3, -0.25) is 0 Å². The SMILES string of the molecule is Cc1cc(C(F)(F)F)nc2c1cc(Cc1c(Cl)ccc(C(=O)O)c1Cl)n2S(=O)c1ccccc1. The van der Waals surface area contributed by atoms with Gasteiger partial charge in [0, 0.05) is 22.5 Å². The van der Waals surface area contributed by atoms with Crippen molar-refractivity contribution in [2.75, 3.05) is 0 Å². The molecule has 0 amide bonds. The highest BCUT2D eigenvalue weighted by Gasteiger charge is 2.34. The number of benzene rings is 2. The molecule has 5 nitrogen and oxygen atoms in total. The second-order valence-corrected chi connectivity index (χ2v) is 9.54. The first kappa shape index (κ1) is 24.3. The van der Waals surface area contributed by atoms with Crippen LogP contribution in [0.25, 0.3) is 11.0 Å². The number of carboxylic acids is 1. The van der Waals surface area contributed by atoms with Crippen LogP contribution in [0.15, 0.2) is 59.5 Å². The molecule has 176 valence electrons. The number of fused-ring (bicyclic) bond motifs is 1. The van der Waals surface area contributed by atoms with Crippen LogP contribution in [-0.2, 0) is 23.6 Å². The van der Waals surface area contributed by atoms with Crippen LogP contribution in [-0.4, -0.2) is 24.2 Å². The fourth-order valence-electron chi connectivity index (χ4n) is 3.56. The van der Waals surface area contributed by atoms with Gasteiger partial charge < -0.3 is 5.11 Å². The van der Waals surface area contributed by atoms with Crippen LogP contribution in [0.3, 0.4) is 0 Å². The molecule has 0 radical (unpaired) electrons. The van der Waals surface area contributed by atoms with E-state index in [-0.39, 0.29) is 33.2 Å². The van der Waals surface area contributed by atoms with Crippen molar-refractivity contribution in [3.05, 3.63) is 92.7 Å². The maximum Gasteiger partial charge on any atom is 0.433 e. The van der Waals surface area contributed by atoms with Crippen molar-refractivity contribution in [3.8, 4) is 0 Å². The third-order valence-electron chi connectivity index (χ3n) is 5.18. The smallest absolute Gasteiger partial charge is 0.433 e. The van der Waals surface area contributed by atoms with Gasteiger partial charge in [-0.1, -0.05) is 41.4 Å². The first-order valence-electron chi connectivity index (χ1n) is 9.75. The number of aromatic carboxylic acids is 1. The van der Waals surface area contributed by atoms with Crippen molar-refractivity contribution in [1.82, 2.24) is 8.96 Å². The van der Waals surface area contributed by atoms with Gasteiger partial charge in [0.25, 0.3) is 0 Å². The molecular formula is C23H15Cl2F3N2O3S. The van der Waals surface area contributed by atoms with Crippen molar-refractivity contribution in [3.63, 3.8) is 0 Å². The maximum absolute atomic E-state index is 13.5. The topological polar surface area (TPSA) is 72.2 Å². The third-order valence-corrected chi connectivity index (χ3v) is 7.39. The predicted molar refractivity (Wildman–Crippen MR) is 124 cm³/mol. The fourth-order valence-corrected chi connectivity index (χ4v) is 5.37. The van der Waals surface area contributed by atoms with E-state index in [4.69, 9.17) is 23.2 Å². The summed E-state index contributed by atoms with van der Waals surface area (Å²) in [6.07, 6.45) is -4.79. The second-order valence-electron chi connectivity index (χ2n) is 7.42. The number of halogens is 5. The Labute approximate surface area is 204 Å². The molecule has 0 fully saturated rings. The number of carbonyl (C=O) groups is 1. The molecular weight excluding hydrogens is 512 g/mol. The molecule has 0 saturated heterocycles. The van der Waals surface area contributed by atoms with E-state index < -0.39 is 28.8 Å². The standard InChI is InChI=1S/C23H15Cl2F3N2O3S/c1-12-9-19(23(26,27)28)29-21-16(12)10-13(30(21)34(33)14-5-3-2-4-6-14)11-17-18(24)8-7-15(20(17)25)22(31)32/h2-10H,11H2,1H3,(H,31,32). The van der Waals surface area contributed by atoms with E-state index in [0.717, 1.165) is 6.07 Å². The lowest BCUT2D eigenvalue weighted by atomic mass is 10.1. The minimum Gasteiger partial charge on any atom is -0.478 e. The van der Waals surface area contributed by atoms with Gasteiger partial charge in [-0.05, 0) is 54.4 Å². The van der Waals surface area contributed by atoms with Crippen molar-refractivity contribution < 1.29 is 27.3 Å². The summed E-state index contributed by atoms with van der Waals surface area (Å²) >= 11 is 12.6. The molecule has 0 aliphatic rings. The Morgan fingerprint density at radius 2 is 1.79 bits per heavy atom. The van der Waals surface area contributed by atoms with Crippen LogP contribution in [0, 0.1) is 6.92 Å². The molecule has 0 saturated carbocycles. The summed E-state index contributed by atoms with van der Waals surface area (Å²) in [5.74, 6) is -1.26. The Hall–Kier alpha value is -2.88.